The molecular formula is C20H26N2O3S. The molecule has 0 aromatic heterocycles. The summed E-state index contributed by atoms with van der Waals surface area (Å²) in [6.07, 6.45) is 0. The van der Waals surface area contributed by atoms with Gasteiger partial charge in [-0.05, 0) is 60.5 Å². The van der Waals surface area contributed by atoms with Crippen LogP contribution in [0.1, 0.15) is 0 Å². The molecule has 0 aliphatic carbocycles. The van der Waals surface area contributed by atoms with Gasteiger partial charge in [0.25, 0.3) is 0 Å². The topological polar surface area (TPSA) is 34.2 Å². The highest BCUT2D eigenvalue weighted by molar-refractivity contribution is 7.97. The quantitative estimate of drug-likeness (QED) is 0.659. The van der Waals surface area contributed by atoms with E-state index in [-0.39, 0.29) is 0 Å². The average molecular weight is 375 g/mol. The Kier molecular flexibility index (Phi) is 7.05. The molecule has 2 aromatic rings. The van der Waals surface area contributed by atoms with E-state index in [0.717, 1.165) is 50.0 Å². The maximum atomic E-state index is 5.82. The second kappa shape index (κ2) is 9.71. The highest BCUT2D eigenvalue weighted by atomic mass is 32.2. The van der Waals surface area contributed by atoms with Crippen molar-refractivity contribution < 1.29 is 14.2 Å². The first-order valence-corrected chi connectivity index (χ1v) is 9.60. The van der Waals surface area contributed by atoms with E-state index in [1.54, 1.807) is 14.2 Å². The maximum absolute atomic E-state index is 5.82. The molecule has 1 saturated heterocycles. The molecular weight excluding hydrogens is 348 g/mol. The lowest BCUT2D eigenvalue weighted by atomic mass is 10.3. The Morgan fingerprint density at radius 3 is 1.88 bits per heavy atom. The maximum Gasteiger partial charge on any atom is 0.119 e. The summed E-state index contributed by atoms with van der Waals surface area (Å²) in [5.41, 5.74) is 0. The van der Waals surface area contributed by atoms with Crippen LogP contribution in [0.15, 0.2) is 53.4 Å². The summed E-state index contributed by atoms with van der Waals surface area (Å²) in [7, 11) is 3.36. The van der Waals surface area contributed by atoms with E-state index in [2.05, 4.69) is 21.3 Å². The Morgan fingerprint density at radius 2 is 1.31 bits per heavy atom. The van der Waals surface area contributed by atoms with E-state index in [4.69, 9.17) is 14.2 Å². The molecule has 1 fully saturated rings. The van der Waals surface area contributed by atoms with E-state index >= 15 is 0 Å². The Hall–Kier alpha value is -1.89. The predicted molar refractivity (Wildman–Crippen MR) is 105 cm³/mol. The molecule has 26 heavy (non-hydrogen) atoms. The Bertz CT molecular complexity index is 656. The van der Waals surface area contributed by atoms with Crippen molar-refractivity contribution in [1.29, 1.82) is 0 Å². The van der Waals surface area contributed by atoms with Gasteiger partial charge in [0, 0.05) is 37.6 Å². The minimum atomic E-state index is 0.706. The number of rotatable bonds is 8. The Labute approximate surface area is 160 Å². The number of hydrogen-bond acceptors (Lipinski definition) is 6. The fraction of sp³-hybridized carbons (Fsp3) is 0.400. The largest absolute Gasteiger partial charge is 0.497 e. The van der Waals surface area contributed by atoms with Gasteiger partial charge in [0.1, 0.15) is 23.9 Å². The van der Waals surface area contributed by atoms with Crippen LogP contribution in [0.2, 0.25) is 0 Å². The van der Waals surface area contributed by atoms with Crippen LogP contribution in [0, 0.1) is 0 Å². The number of hydrogen-bond donors (Lipinski definition) is 0. The summed E-state index contributed by atoms with van der Waals surface area (Å²) >= 11 is 1.82. The number of methoxy groups -OCH3 is 2. The first-order valence-electron chi connectivity index (χ1n) is 8.83. The molecule has 0 bridgehead atoms. The van der Waals surface area contributed by atoms with E-state index in [1.807, 2.05) is 48.3 Å². The van der Waals surface area contributed by atoms with Crippen LogP contribution in [-0.4, -0.2) is 62.8 Å². The van der Waals surface area contributed by atoms with Gasteiger partial charge < -0.3 is 14.2 Å². The van der Waals surface area contributed by atoms with Gasteiger partial charge >= 0.3 is 0 Å². The van der Waals surface area contributed by atoms with Gasteiger partial charge in [-0.3, -0.25) is 4.90 Å². The van der Waals surface area contributed by atoms with Crippen molar-refractivity contribution in [1.82, 2.24) is 9.21 Å². The first kappa shape index (κ1) is 18.9. The Morgan fingerprint density at radius 1 is 0.769 bits per heavy atom. The predicted octanol–water partition coefficient (Wildman–Crippen LogP) is 3.41. The van der Waals surface area contributed by atoms with Crippen molar-refractivity contribution in [2.45, 2.75) is 4.90 Å². The van der Waals surface area contributed by atoms with Gasteiger partial charge in [-0.1, -0.05) is 0 Å². The summed E-state index contributed by atoms with van der Waals surface area (Å²) in [4.78, 5) is 3.70. The lowest BCUT2D eigenvalue weighted by molar-refractivity contribution is 0.164. The highest BCUT2D eigenvalue weighted by Gasteiger charge is 2.17. The number of ether oxygens (including phenoxy) is 3. The van der Waals surface area contributed by atoms with Gasteiger partial charge in [0.05, 0.1) is 14.2 Å². The third-order valence-corrected chi connectivity index (χ3v) is 5.47. The van der Waals surface area contributed by atoms with Crippen molar-refractivity contribution >= 4 is 11.9 Å². The molecule has 0 radical (unpaired) electrons. The number of piperazine rings is 1. The molecule has 0 N–H and O–H groups in total. The normalized spacial score (nSPS) is 15.6. The fourth-order valence-electron chi connectivity index (χ4n) is 2.79. The van der Waals surface area contributed by atoms with Crippen LogP contribution in [0.4, 0.5) is 0 Å². The summed E-state index contributed by atoms with van der Waals surface area (Å²) in [6, 6.07) is 16.0. The average Bonchev–Trinajstić information content (AvgIpc) is 2.70. The fourth-order valence-corrected chi connectivity index (χ4v) is 3.70. The molecule has 2 aromatic carbocycles. The molecule has 1 heterocycles. The molecule has 140 valence electrons. The lowest BCUT2D eigenvalue weighted by Crippen LogP contribution is -2.44. The van der Waals surface area contributed by atoms with Gasteiger partial charge in [-0.25, -0.2) is 4.31 Å². The molecule has 6 heteroatoms. The summed E-state index contributed by atoms with van der Waals surface area (Å²) < 4.78 is 18.6. The van der Waals surface area contributed by atoms with E-state index in [0.29, 0.717) is 6.61 Å². The van der Waals surface area contributed by atoms with E-state index in [9.17, 15) is 0 Å². The van der Waals surface area contributed by atoms with E-state index < -0.39 is 0 Å². The summed E-state index contributed by atoms with van der Waals surface area (Å²) in [5, 5.41) is 0. The zero-order chi connectivity index (χ0) is 18.2. The molecule has 1 aliphatic rings. The van der Waals surface area contributed by atoms with Gasteiger partial charge in [-0.15, -0.1) is 0 Å². The van der Waals surface area contributed by atoms with Crippen molar-refractivity contribution in [3.05, 3.63) is 48.5 Å². The van der Waals surface area contributed by atoms with Crippen LogP contribution in [-0.2, 0) is 0 Å². The second-order valence-corrected chi connectivity index (χ2v) is 7.23. The summed E-state index contributed by atoms with van der Waals surface area (Å²) in [5.74, 6) is 2.64. The van der Waals surface area contributed by atoms with Gasteiger partial charge in [0.2, 0.25) is 0 Å². The lowest BCUT2D eigenvalue weighted by Gasteiger charge is -2.33. The van der Waals surface area contributed by atoms with Crippen LogP contribution in [0.5, 0.6) is 17.2 Å². The SMILES string of the molecule is COc1ccc(OCCN2CCN(Sc3ccc(OC)cc3)CC2)cc1. The number of benzene rings is 2. The molecule has 1 aliphatic heterocycles. The zero-order valence-corrected chi connectivity index (χ0v) is 16.2. The first-order chi connectivity index (χ1) is 12.8. The van der Waals surface area contributed by atoms with Crippen molar-refractivity contribution in [3.8, 4) is 17.2 Å². The third-order valence-electron chi connectivity index (χ3n) is 4.36. The van der Waals surface area contributed by atoms with Crippen LogP contribution in [0.25, 0.3) is 0 Å². The molecule has 0 spiro atoms. The molecule has 5 nitrogen and oxygen atoms in total. The third kappa shape index (κ3) is 5.56. The van der Waals surface area contributed by atoms with Crippen LogP contribution >= 0.6 is 11.9 Å². The van der Waals surface area contributed by atoms with Gasteiger partial charge in [-0.2, -0.15) is 0 Å². The van der Waals surface area contributed by atoms with Crippen molar-refractivity contribution in [2.75, 3.05) is 53.6 Å². The van der Waals surface area contributed by atoms with Gasteiger partial charge in [0.15, 0.2) is 0 Å². The van der Waals surface area contributed by atoms with Crippen molar-refractivity contribution in [3.63, 3.8) is 0 Å². The standard InChI is InChI=1S/C20H26N2O3S/c1-23-17-3-5-19(6-4-17)25-16-15-21-11-13-22(14-12-21)26-20-9-7-18(24-2)8-10-20/h3-10H,11-16H2,1-2H3. The summed E-state index contributed by atoms with van der Waals surface area (Å²) in [6.45, 7) is 5.90. The number of nitrogens with zero attached hydrogens (tertiary/aromatic N) is 2. The molecule has 3 rings (SSSR count). The molecule has 0 unspecified atom stereocenters. The Balaban J connectivity index is 1.35. The van der Waals surface area contributed by atoms with Crippen LogP contribution < -0.4 is 14.2 Å². The molecule has 0 atom stereocenters. The molecule has 0 amide bonds. The zero-order valence-electron chi connectivity index (χ0n) is 15.4. The van der Waals surface area contributed by atoms with Crippen molar-refractivity contribution in [2.24, 2.45) is 0 Å². The van der Waals surface area contributed by atoms with Crippen LogP contribution in [0.3, 0.4) is 0 Å². The molecule has 0 saturated carbocycles. The smallest absolute Gasteiger partial charge is 0.119 e. The second-order valence-electron chi connectivity index (χ2n) is 6.06. The highest BCUT2D eigenvalue weighted by Crippen LogP contribution is 2.25. The minimum Gasteiger partial charge on any atom is -0.497 e. The monoisotopic (exact) mass is 374 g/mol. The minimum absolute atomic E-state index is 0.706. The van der Waals surface area contributed by atoms with E-state index in [1.165, 1.54) is 4.90 Å².